The number of carbonyl (C=O) groups excluding carboxylic acids is 1. The maximum Gasteiger partial charge on any atom is 0.326 e. The van der Waals surface area contributed by atoms with Gasteiger partial charge in [-0.25, -0.2) is 0 Å². The van der Waals surface area contributed by atoms with Crippen molar-refractivity contribution in [2.45, 2.75) is 46.1 Å². The minimum Gasteiger partial charge on any atom is -0.465 e. The summed E-state index contributed by atoms with van der Waals surface area (Å²) in [6.07, 6.45) is 1.31. The number of hydrogen-bond donors (Lipinski definition) is 1. The van der Waals surface area contributed by atoms with Crippen LogP contribution in [0.3, 0.4) is 0 Å². The third-order valence-electron chi connectivity index (χ3n) is 2.09. The molecule has 0 heterocycles. The number of carbonyl (C=O) groups is 1. The fourth-order valence-electron chi connectivity index (χ4n) is 1.38. The zero-order chi connectivity index (χ0) is 10.5. The van der Waals surface area contributed by atoms with Gasteiger partial charge in [-0.3, -0.25) is 4.79 Å². The van der Waals surface area contributed by atoms with Crippen molar-refractivity contribution in [1.29, 1.82) is 0 Å². The summed E-state index contributed by atoms with van der Waals surface area (Å²) in [5.41, 5.74) is 5.17. The molecule has 0 radical (unpaired) electrons. The molecular weight excluding hydrogens is 166 g/mol. The molecule has 0 amide bonds. The van der Waals surface area contributed by atoms with Crippen LogP contribution in [0.2, 0.25) is 0 Å². The van der Waals surface area contributed by atoms with Gasteiger partial charge in [0.1, 0.15) is 5.54 Å². The van der Waals surface area contributed by atoms with Gasteiger partial charge in [0.05, 0.1) is 6.61 Å². The first-order valence-electron chi connectivity index (χ1n) is 4.92. The first-order valence-corrected chi connectivity index (χ1v) is 4.92. The Morgan fingerprint density at radius 3 is 2.31 bits per heavy atom. The van der Waals surface area contributed by atoms with Gasteiger partial charge in [-0.2, -0.15) is 0 Å². The predicted molar refractivity (Wildman–Crippen MR) is 53.3 cm³/mol. The van der Waals surface area contributed by atoms with Gasteiger partial charge in [-0.15, -0.1) is 0 Å². The maximum absolute atomic E-state index is 11.5. The predicted octanol–water partition coefficient (Wildman–Crippen LogP) is 1.70. The van der Waals surface area contributed by atoms with E-state index >= 15 is 0 Å². The zero-order valence-corrected chi connectivity index (χ0v) is 9.09. The highest BCUT2D eigenvalue weighted by atomic mass is 16.5. The van der Waals surface area contributed by atoms with E-state index in [9.17, 15) is 4.79 Å². The van der Waals surface area contributed by atoms with Gasteiger partial charge in [0.15, 0.2) is 0 Å². The number of rotatable bonds is 5. The Morgan fingerprint density at radius 2 is 2.00 bits per heavy atom. The Hall–Kier alpha value is -0.570. The van der Waals surface area contributed by atoms with Crippen LogP contribution in [0.1, 0.15) is 40.5 Å². The van der Waals surface area contributed by atoms with Gasteiger partial charge in [0, 0.05) is 0 Å². The molecule has 0 bridgehead atoms. The van der Waals surface area contributed by atoms with Crippen LogP contribution in [0.15, 0.2) is 0 Å². The van der Waals surface area contributed by atoms with Crippen LogP contribution in [0.4, 0.5) is 0 Å². The quantitative estimate of drug-likeness (QED) is 0.666. The van der Waals surface area contributed by atoms with Gasteiger partial charge in [0.25, 0.3) is 0 Å². The van der Waals surface area contributed by atoms with E-state index in [1.807, 2.05) is 6.92 Å². The Labute approximate surface area is 80.6 Å². The van der Waals surface area contributed by atoms with E-state index < -0.39 is 5.54 Å². The van der Waals surface area contributed by atoms with Crippen LogP contribution >= 0.6 is 0 Å². The van der Waals surface area contributed by atoms with Crippen molar-refractivity contribution < 1.29 is 9.53 Å². The Morgan fingerprint density at radius 1 is 1.46 bits per heavy atom. The maximum atomic E-state index is 11.5. The molecule has 3 heteroatoms. The molecule has 0 saturated carbocycles. The lowest BCUT2D eigenvalue weighted by Gasteiger charge is -2.27. The fourth-order valence-corrected chi connectivity index (χ4v) is 1.38. The molecule has 0 aromatic heterocycles. The third-order valence-corrected chi connectivity index (χ3v) is 2.09. The van der Waals surface area contributed by atoms with Crippen molar-refractivity contribution >= 4 is 5.97 Å². The van der Waals surface area contributed by atoms with Crippen LogP contribution in [-0.2, 0) is 9.53 Å². The lowest BCUT2D eigenvalue weighted by atomic mass is 9.87. The van der Waals surface area contributed by atoms with Crippen LogP contribution in [0, 0.1) is 5.92 Å². The monoisotopic (exact) mass is 187 g/mol. The van der Waals surface area contributed by atoms with E-state index in [4.69, 9.17) is 10.5 Å². The van der Waals surface area contributed by atoms with Crippen LogP contribution in [0.25, 0.3) is 0 Å². The lowest BCUT2D eigenvalue weighted by Crippen LogP contribution is -2.49. The minimum atomic E-state index is -0.788. The van der Waals surface area contributed by atoms with E-state index in [2.05, 4.69) is 13.8 Å². The summed E-state index contributed by atoms with van der Waals surface area (Å²) in [7, 11) is 0. The second-order valence-corrected chi connectivity index (χ2v) is 3.83. The van der Waals surface area contributed by atoms with Crippen LogP contribution in [0.5, 0.6) is 0 Å². The van der Waals surface area contributed by atoms with Crippen molar-refractivity contribution in [3.8, 4) is 0 Å². The van der Waals surface area contributed by atoms with Gasteiger partial charge < -0.3 is 10.5 Å². The number of ether oxygens (including phenoxy) is 1. The summed E-state index contributed by atoms with van der Waals surface area (Å²) >= 11 is 0. The van der Waals surface area contributed by atoms with Crippen molar-refractivity contribution in [3.05, 3.63) is 0 Å². The Bertz CT molecular complexity index is 168. The molecule has 0 rings (SSSR count). The van der Waals surface area contributed by atoms with Gasteiger partial charge in [-0.05, 0) is 25.7 Å². The van der Waals surface area contributed by atoms with Crippen molar-refractivity contribution in [1.82, 2.24) is 0 Å². The SMILES string of the molecule is CCOC(=O)[C@](N)(CC)CC(C)C. The van der Waals surface area contributed by atoms with E-state index in [0.29, 0.717) is 25.4 Å². The second-order valence-electron chi connectivity index (χ2n) is 3.83. The average Bonchev–Trinajstić information content (AvgIpc) is 2.03. The highest BCUT2D eigenvalue weighted by Gasteiger charge is 2.33. The molecule has 0 fully saturated rings. The normalized spacial score (nSPS) is 15.5. The molecule has 1 atom stereocenters. The topological polar surface area (TPSA) is 52.3 Å². The summed E-state index contributed by atoms with van der Waals surface area (Å²) < 4.78 is 4.93. The van der Waals surface area contributed by atoms with Crippen LogP contribution < -0.4 is 5.73 Å². The van der Waals surface area contributed by atoms with E-state index in [1.54, 1.807) is 6.92 Å². The van der Waals surface area contributed by atoms with Gasteiger partial charge >= 0.3 is 5.97 Å². The fraction of sp³-hybridized carbons (Fsp3) is 0.900. The van der Waals surface area contributed by atoms with Crippen molar-refractivity contribution in [2.75, 3.05) is 6.61 Å². The molecule has 3 nitrogen and oxygen atoms in total. The molecule has 0 aliphatic carbocycles. The highest BCUT2D eigenvalue weighted by molar-refractivity contribution is 5.80. The number of hydrogen-bond acceptors (Lipinski definition) is 3. The minimum absolute atomic E-state index is 0.272. The first kappa shape index (κ1) is 12.4. The highest BCUT2D eigenvalue weighted by Crippen LogP contribution is 2.19. The molecule has 2 N–H and O–H groups in total. The standard InChI is InChI=1S/C10H21NO2/c1-5-10(11,7-8(3)4)9(12)13-6-2/h8H,5-7,11H2,1-4H3/t10-/m0/s1. The molecule has 0 aromatic carbocycles. The molecule has 78 valence electrons. The van der Waals surface area contributed by atoms with E-state index in [0.717, 1.165) is 0 Å². The summed E-state index contributed by atoms with van der Waals surface area (Å²) in [5.74, 6) is 0.139. The largest absolute Gasteiger partial charge is 0.465 e. The Balaban J connectivity index is 4.33. The Kier molecular flexibility index (Phi) is 4.99. The summed E-state index contributed by atoms with van der Waals surface area (Å²) in [6, 6.07) is 0. The number of esters is 1. The van der Waals surface area contributed by atoms with E-state index in [-0.39, 0.29) is 5.97 Å². The second kappa shape index (κ2) is 5.22. The smallest absolute Gasteiger partial charge is 0.326 e. The average molecular weight is 187 g/mol. The summed E-state index contributed by atoms with van der Waals surface area (Å²) in [6.45, 7) is 8.21. The zero-order valence-electron chi connectivity index (χ0n) is 9.09. The lowest BCUT2D eigenvalue weighted by molar-refractivity contribution is -0.150. The van der Waals surface area contributed by atoms with Gasteiger partial charge in [0.2, 0.25) is 0 Å². The molecule has 0 aliphatic heterocycles. The summed E-state index contributed by atoms with van der Waals surface area (Å²) in [5, 5.41) is 0. The van der Waals surface area contributed by atoms with Crippen molar-refractivity contribution in [3.63, 3.8) is 0 Å². The van der Waals surface area contributed by atoms with Gasteiger partial charge in [-0.1, -0.05) is 20.8 Å². The first-order chi connectivity index (χ1) is 5.96. The molecule has 13 heavy (non-hydrogen) atoms. The van der Waals surface area contributed by atoms with Crippen molar-refractivity contribution in [2.24, 2.45) is 11.7 Å². The number of nitrogens with two attached hydrogens (primary N) is 1. The molecule has 0 aliphatic rings. The van der Waals surface area contributed by atoms with Crippen LogP contribution in [-0.4, -0.2) is 18.1 Å². The third kappa shape index (κ3) is 3.77. The molecule has 0 saturated heterocycles. The summed E-state index contributed by atoms with van der Waals surface area (Å²) in [4.78, 5) is 11.5. The molecular formula is C10H21NO2. The van der Waals surface area contributed by atoms with E-state index in [1.165, 1.54) is 0 Å². The molecule has 0 unspecified atom stereocenters. The molecule has 0 spiro atoms. The molecule has 0 aromatic rings.